The lowest BCUT2D eigenvalue weighted by molar-refractivity contribution is 0.102. The Hall–Kier alpha value is -1.59. The lowest BCUT2D eigenvalue weighted by Gasteiger charge is -2.14. The molecule has 1 N–H and O–H groups in total. The van der Waals surface area contributed by atoms with E-state index >= 15 is 0 Å². The van der Waals surface area contributed by atoms with Crippen molar-refractivity contribution in [1.29, 1.82) is 0 Å². The number of anilines is 1. The lowest BCUT2D eigenvalue weighted by atomic mass is 10.0. The molecule has 0 aromatic heterocycles. The summed E-state index contributed by atoms with van der Waals surface area (Å²) in [5.41, 5.74) is 2.31. The van der Waals surface area contributed by atoms with Gasteiger partial charge in [0.15, 0.2) is 0 Å². The van der Waals surface area contributed by atoms with Crippen molar-refractivity contribution in [3.63, 3.8) is 0 Å². The highest BCUT2D eigenvalue weighted by Crippen LogP contribution is 2.44. The molecule has 0 fully saturated rings. The van der Waals surface area contributed by atoms with E-state index in [0.29, 0.717) is 23.2 Å². The van der Waals surface area contributed by atoms with E-state index in [1.54, 1.807) is 11.8 Å². The third kappa shape index (κ3) is 3.82. The van der Waals surface area contributed by atoms with Gasteiger partial charge in [-0.15, -0.1) is 0 Å². The quantitative estimate of drug-likeness (QED) is 0.688. The Balaban J connectivity index is 1.86. The maximum atomic E-state index is 14.3. The van der Waals surface area contributed by atoms with E-state index in [9.17, 15) is 13.6 Å². The Kier molecular flexibility index (Phi) is 5.64. The van der Waals surface area contributed by atoms with Gasteiger partial charge < -0.3 is 5.32 Å². The Morgan fingerprint density at radius 2 is 2.04 bits per heavy atom. The minimum Gasteiger partial charge on any atom is -0.322 e. The van der Waals surface area contributed by atoms with Crippen molar-refractivity contribution in [2.24, 2.45) is 0 Å². The molecule has 1 aliphatic carbocycles. The third-order valence-electron chi connectivity index (χ3n) is 4.23. The van der Waals surface area contributed by atoms with Crippen LogP contribution in [0.1, 0.15) is 46.5 Å². The van der Waals surface area contributed by atoms with Crippen LogP contribution in [-0.4, -0.2) is 11.7 Å². The van der Waals surface area contributed by atoms with Gasteiger partial charge in [0.1, 0.15) is 11.6 Å². The van der Waals surface area contributed by atoms with Crippen LogP contribution >= 0.6 is 23.4 Å². The van der Waals surface area contributed by atoms with Crippen LogP contribution in [0.2, 0.25) is 5.02 Å². The zero-order chi connectivity index (χ0) is 18.0. The Labute approximate surface area is 155 Å². The molecule has 2 aromatic rings. The van der Waals surface area contributed by atoms with Gasteiger partial charge in [0.25, 0.3) is 5.91 Å². The van der Waals surface area contributed by atoms with E-state index in [0.717, 1.165) is 24.2 Å². The molecule has 0 heterocycles. The minimum absolute atomic E-state index is 0.0573. The Morgan fingerprint density at radius 1 is 1.28 bits per heavy atom. The van der Waals surface area contributed by atoms with Crippen LogP contribution in [0.5, 0.6) is 0 Å². The number of hydrogen-bond acceptors (Lipinski definition) is 2. The Bertz CT molecular complexity index is 812. The zero-order valence-corrected chi connectivity index (χ0v) is 15.3. The van der Waals surface area contributed by atoms with Crippen molar-refractivity contribution >= 4 is 35.0 Å². The zero-order valence-electron chi connectivity index (χ0n) is 13.7. The average molecular weight is 382 g/mol. The van der Waals surface area contributed by atoms with Gasteiger partial charge in [-0.3, -0.25) is 4.79 Å². The maximum Gasteiger partial charge on any atom is 0.255 e. The van der Waals surface area contributed by atoms with Crippen LogP contribution in [-0.2, 0) is 6.42 Å². The molecule has 0 radical (unpaired) electrons. The molecule has 6 heteroatoms. The van der Waals surface area contributed by atoms with E-state index in [-0.39, 0.29) is 22.0 Å². The van der Waals surface area contributed by atoms with Crippen molar-refractivity contribution in [3.05, 3.63) is 63.7 Å². The summed E-state index contributed by atoms with van der Waals surface area (Å²) in [7, 11) is 0. The molecular weight excluding hydrogens is 364 g/mol. The van der Waals surface area contributed by atoms with Gasteiger partial charge in [0.05, 0.1) is 5.02 Å². The molecular formula is C19H18ClF2NOS. The van der Waals surface area contributed by atoms with Crippen molar-refractivity contribution in [2.75, 3.05) is 11.1 Å². The molecule has 1 amide bonds. The first kappa shape index (κ1) is 18.2. The monoisotopic (exact) mass is 381 g/mol. The number of carbonyl (C=O) groups excluding carboxylic acids is 1. The molecule has 3 rings (SSSR count). The number of thioether (sulfide) groups is 1. The first-order chi connectivity index (χ1) is 12.0. The summed E-state index contributed by atoms with van der Waals surface area (Å²) >= 11 is 7.48. The molecule has 0 spiro atoms. The van der Waals surface area contributed by atoms with E-state index in [4.69, 9.17) is 11.6 Å². The first-order valence-corrected chi connectivity index (χ1v) is 9.63. The summed E-state index contributed by atoms with van der Waals surface area (Å²) in [6.07, 6.45) is 2.55. The SMILES string of the molecule is CCCS[C@H]1CCc2c(C(=O)Nc3ccc(F)c(Cl)c3)ccc(F)c21. The molecule has 0 unspecified atom stereocenters. The normalized spacial score (nSPS) is 15.9. The van der Waals surface area contributed by atoms with E-state index in [1.165, 1.54) is 30.3 Å². The highest BCUT2D eigenvalue weighted by atomic mass is 35.5. The highest BCUT2D eigenvalue weighted by Gasteiger charge is 2.30. The number of hydrogen-bond donors (Lipinski definition) is 1. The lowest BCUT2D eigenvalue weighted by Crippen LogP contribution is -2.15. The number of benzene rings is 2. The second-order valence-corrected chi connectivity index (χ2v) is 7.69. The van der Waals surface area contributed by atoms with E-state index in [1.807, 2.05) is 0 Å². The fourth-order valence-corrected chi connectivity index (χ4v) is 4.49. The number of nitrogens with one attached hydrogen (secondary N) is 1. The predicted molar refractivity (Wildman–Crippen MR) is 99.6 cm³/mol. The molecule has 2 nitrogen and oxygen atoms in total. The maximum absolute atomic E-state index is 14.3. The van der Waals surface area contributed by atoms with Crippen molar-refractivity contribution < 1.29 is 13.6 Å². The first-order valence-electron chi connectivity index (χ1n) is 8.20. The second kappa shape index (κ2) is 7.75. The molecule has 1 atom stereocenters. The number of amides is 1. The van der Waals surface area contributed by atoms with Crippen LogP contribution in [0.15, 0.2) is 30.3 Å². The molecule has 0 saturated carbocycles. The van der Waals surface area contributed by atoms with Crippen molar-refractivity contribution in [1.82, 2.24) is 0 Å². The molecule has 0 aliphatic heterocycles. The van der Waals surface area contributed by atoms with Crippen molar-refractivity contribution in [2.45, 2.75) is 31.4 Å². The fourth-order valence-electron chi connectivity index (χ4n) is 3.09. The summed E-state index contributed by atoms with van der Waals surface area (Å²) in [6.45, 7) is 2.09. The minimum atomic E-state index is -0.543. The molecule has 1 aliphatic rings. The molecule has 25 heavy (non-hydrogen) atoms. The number of carbonyl (C=O) groups is 1. The third-order valence-corrected chi connectivity index (χ3v) is 6.03. The number of halogens is 3. The topological polar surface area (TPSA) is 29.1 Å². The molecule has 132 valence electrons. The summed E-state index contributed by atoms with van der Waals surface area (Å²) in [5.74, 6) is -0.158. The summed E-state index contributed by atoms with van der Waals surface area (Å²) in [4.78, 5) is 12.6. The Morgan fingerprint density at radius 3 is 2.76 bits per heavy atom. The van der Waals surface area contributed by atoms with Crippen LogP contribution in [0.3, 0.4) is 0 Å². The highest BCUT2D eigenvalue weighted by molar-refractivity contribution is 7.99. The van der Waals surface area contributed by atoms with E-state index in [2.05, 4.69) is 12.2 Å². The van der Waals surface area contributed by atoms with Crippen LogP contribution in [0, 0.1) is 11.6 Å². The van der Waals surface area contributed by atoms with Gasteiger partial charge in [-0.05, 0) is 60.9 Å². The second-order valence-electron chi connectivity index (χ2n) is 5.97. The average Bonchev–Trinajstić information content (AvgIpc) is 3.01. The van der Waals surface area contributed by atoms with E-state index < -0.39 is 5.82 Å². The van der Waals surface area contributed by atoms with Gasteiger partial charge in [-0.2, -0.15) is 11.8 Å². The summed E-state index contributed by atoms with van der Waals surface area (Å²) in [5, 5.41) is 2.76. The van der Waals surface area contributed by atoms with Gasteiger partial charge in [-0.25, -0.2) is 8.78 Å². The van der Waals surface area contributed by atoms with Crippen LogP contribution in [0.25, 0.3) is 0 Å². The molecule has 0 saturated heterocycles. The predicted octanol–water partition coefficient (Wildman–Crippen LogP) is 6.00. The summed E-state index contributed by atoms with van der Waals surface area (Å²) in [6, 6.07) is 6.88. The van der Waals surface area contributed by atoms with Crippen molar-refractivity contribution in [3.8, 4) is 0 Å². The van der Waals surface area contributed by atoms with Crippen LogP contribution < -0.4 is 5.32 Å². The van der Waals surface area contributed by atoms with Gasteiger partial charge in [-0.1, -0.05) is 18.5 Å². The standard InChI is InChI=1S/C19H18ClF2NOS/c1-2-9-25-17-8-5-12-13(4-7-16(22)18(12)17)19(24)23-11-3-6-15(21)14(20)10-11/h3-4,6-7,10,17H,2,5,8-9H2,1H3,(H,23,24)/t17-/m0/s1. The van der Waals surface area contributed by atoms with Gasteiger partial charge in [0.2, 0.25) is 0 Å². The number of fused-ring (bicyclic) bond motifs is 1. The largest absolute Gasteiger partial charge is 0.322 e. The fraction of sp³-hybridized carbons (Fsp3) is 0.316. The van der Waals surface area contributed by atoms with Crippen LogP contribution in [0.4, 0.5) is 14.5 Å². The molecule has 0 bridgehead atoms. The molecule has 2 aromatic carbocycles. The van der Waals surface area contributed by atoms with Gasteiger partial charge in [0, 0.05) is 22.1 Å². The van der Waals surface area contributed by atoms with Gasteiger partial charge >= 0.3 is 0 Å². The number of rotatable bonds is 5. The smallest absolute Gasteiger partial charge is 0.255 e. The summed E-state index contributed by atoms with van der Waals surface area (Å²) < 4.78 is 27.6.